The molecular weight excluding hydrogens is 326 g/mol. The van der Waals surface area contributed by atoms with E-state index in [0.29, 0.717) is 11.0 Å². The number of aromatic nitrogens is 2. The highest BCUT2D eigenvalue weighted by molar-refractivity contribution is 7.15. The maximum atomic E-state index is 11.7. The molecule has 7 nitrogen and oxygen atoms in total. The molecule has 1 aromatic heterocycles. The third-order valence-electron chi connectivity index (χ3n) is 2.74. The van der Waals surface area contributed by atoms with Gasteiger partial charge in [-0.05, 0) is 11.8 Å². The molecule has 0 unspecified atom stereocenters. The SMILES string of the molecule is CC(C)Cc1nnc(NC(=O)CNC(=O)[C@@H](N)C(C)C)s1.Cl. The van der Waals surface area contributed by atoms with E-state index in [-0.39, 0.29) is 36.7 Å². The van der Waals surface area contributed by atoms with Crippen LogP contribution in [0.3, 0.4) is 0 Å². The number of nitrogens with two attached hydrogens (primary N) is 1. The van der Waals surface area contributed by atoms with Crippen molar-refractivity contribution in [3.05, 3.63) is 5.01 Å². The second kappa shape index (κ2) is 9.70. The number of amides is 2. The molecule has 1 rings (SSSR count). The van der Waals surface area contributed by atoms with E-state index in [1.54, 1.807) is 0 Å². The van der Waals surface area contributed by atoms with Crippen molar-refractivity contribution in [2.24, 2.45) is 17.6 Å². The number of nitrogens with zero attached hydrogens (tertiary/aromatic N) is 2. The van der Waals surface area contributed by atoms with E-state index < -0.39 is 6.04 Å². The first-order valence-corrected chi connectivity index (χ1v) is 7.76. The number of hydrogen-bond donors (Lipinski definition) is 3. The number of anilines is 1. The molecule has 4 N–H and O–H groups in total. The molecule has 2 amide bonds. The fraction of sp³-hybridized carbons (Fsp3) is 0.692. The number of carbonyl (C=O) groups is 2. The van der Waals surface area contributed by atoms with Crippen molar-refractivity contribution in [2.45, 2.75) is 40.2 Å². The average Bonchev–Trinajstić information content (AvgIpc) is 2.81. The molecule has 0 aliphatic carbocycles. The minimum Gasteiger partial charge on any atom is -0.346 e. The quantitative estimate of drug-likeness (QED) is 0.685. The van der Waals surface area contributed by atoms with Crippen molar-refractivity contribution in [2.75, 3.05) is 11.9 Å². The third-order valence-corrected chi connectivity index (χ3v) is 3.60. The van der Waals surface area contributed by atoms with Crippen LogP contribution in [0, 0.1) is 11.8 Å². The van der Waals surface area contributed by atoms with Crippen LogP contribution in [0.15, 0.2) is 0 Å². The highest BCUT2D eigenvalue weighted by Crippen LogP contribution is 2.17. The summed E-state index contributed by atoms with van der Waals surface area (Å²) in [5.74, 6) is -0.169. The Kier molecular flexibility index (Phi) is 9.15. The van der Waals surface area contributed by atoms with E-state index in [1.165, 1.54) is 11.3 Å². The summed E-state index contributed by atoms with van der Waals surface area (Å²) in [5.41, 5.74) is 5.68. The molecule has 1 heterocycles. The molecule has 9 heteroatoms. The first-order valence-electron chi connectivity index (χ1n) is 6.95. The van der Waals surface area contributed by atoms with Crippen LogP contribution in [0.5, 0.6) is 0 Å². The maximum Gasteiger partial charge on any atom is 0.245 e. The van der Waals surface area contributed by atoms with Gasteiger partial charge in [-0.3, -0.25) is 14.9 Å². The number of nitrogens with one attached hydrogen (secondary N) is 2. The Bertz CT molecular complexity index is 493. The topological polar surface area (TPSA) is 110 Å². The molecule has 1 atom stereocenters. The van der Waals surface area contributed by atoms with E-state index in [9.17, 15) is 9.59 Å². The summed E-state index contributed by atoms with van der Waals surface area (Å²) in [6, 6.07) is -0.614. The minimum absolute atomic E-state index is 0. The predicted molar refractivity (Wildman–Crippen MR) is 90.2 cm³/mol. The predicted octanol–water partition coefficient (Wildman–Crippen LogP) is 1.20. The molecule has 0 aromatic carbocycles. The molecule has 0 spiro atoms. The molecule has 0 fully saturated rings. The highest BCUT2D eigenvalue weighted by atomic mass is 35.5. The summed E-state index contributed by atoms with van der Waals surface area (Å²) in [5, 5.41) is 14.3. The van der Waals surface area contributed by atoms with Gasteiger partial charge in [-0.2, -0.15) is 0 Å². The molecule has 0 bridgehead atoms. The van der Waals surface area contributed by atoms with Crippen LogP contribution >= 0.6 is 23.7 Å². The van der Waals surface area contributed by atoms with Crippen LogP contribution in [-0.4, -0.2) is 34.6 Å². The monoisotopic (exact) mass is 349 g/mol. The largest absolute Gasteiger partial charge is 0.346 e. The normalized spacial score (nSPS) is 12.0. The fourth-order valence-electron chi connectivity index (χ4n) is 1.49. The molecule has 0 saturated carbocycles. The lowest BCUT2D eigenvalue weighted by atomic mass is 10.1. The molecule has 126 valence electrons. The summed E-state index contributed by atoms with van der Waals surface area (Å²) in [4.78, 5) is 23.3. The van der Waals surface area contributed by atoms with Gasteiger partial charge in [0.25, 0.3) is 0 Å². The minimum atomic E-state index is -0.614. The Morgan fingerprint density at radius 3 is 2.41 bits per heavy atom. The van der Waals surface area contributed by atoms with Crippen molar-refractivity contribution >= 4 is 40.7 Å². The Morgan fingerprint density at radius 2 is 1.86 bits per heavy atom. The smallest absolute Gasteiger partial charge is 0.245 e. The van der Waals surface area contributed by atoms with Crippen LogP contribution in [0.4, 0.5) is 5.13 Å². The van der Waals surface area contributed by atoms with Gasteiger partial charge in [-0.1, -0.05) is 39.0 Å². The van der Waals surface area contributed by atoms with Crippen molar-refractivity contribution in [3.8, 4) is 0 Å². The fourth-order valence-corrected chi connectivity index (χ4v) is 2.46. The standard InChI is InChI=1S/C13H23N5O2S.ClH/c1-7(2)5-10-17-18-13(21-10)16-9(19)6-15-12(20)11(14)8(3)4;/h7-8,11H,5-6,14H2,1-4H3,(H,15,20)(H,16,18,19);1H/t11-;/m0./s1. The van der Waals surface area contributed by atoms with Gasteiger partial charge in [0.2, 0.25) is 16.9 Å². The van der Waals surface area contributed by atoms with Crippen LogP contribution in [-0.2, 0) is 16.0 Å². The van der Waals surface area contributed by atoms with Crippen molar-refractivity contribution in [1.29, 1.82) is 0 Å². The Balaban J connectivity index is 0.00000441. The second-order valence-corrected chi connectivity index (χ2v) is 6.70. The zero-order valence-corrected chi connectivity index (χ0v) is 14.9. The Morgan fingerprint density at radius 1 is 1.23 bits per heavy atom. The molecular formula is C13H24ClN5O2S. The van der Waals surface area contributed by atoms with E-state index in [2.05, 4.69) is 34.7 Å². The van der Waals surface area contributed by atoms with Crippen molar-refractivity contribution < 1.29 is 9.59 Å². The van der Waals surface area contributed by atoms with E-state index in [0.717, 1.165) is 11.4 Å². The van der Waals surface area contributed by atoms with Crippen LogP contribution in [0.25, 0.3) is 0 Å². The van der Waals surface area contributed by atoms with E-state index in [4.69, 9.17) is 5.73 Å². The first kappa shape index (κ1) is 20.8. The van der Waals surface area contributed by atoms with Gasteiger partial charge >= 0.3 is 0 Å². The Hall–Kier alpha value is -1.25. The highest BCUT2D eigenvalue weighted by Gasteiger charge is 2.18. The van der Waals surface area contributed by atoms with Gasteiger partial charge in [0.1, 0.15) is 5.01 Å². The summed E-state index contributed by atoms with van der Waals surface area (Å²) in [6.07, 6.45) is 0.827. The summed E-state index contributed by atoms with van der Waals surface area (Å²) in [6.45, 7) is 7.75. The Labute approximate surface area is 140 Å². The summed E-state index contributed by atoms with van der Waals surface area (Å²) >= 11 is 1.34. The van der Waals surface area contributed by atoms with E-state index >= 15 is 0 Å². The van der Waals surface area contributed by atoms with Crippen LogP contribution in [0.1, 0.15) is 32.7 Å². The van der Waals surface area contributed by atoms with Gasteiger partial charge in [0.15, 0.2) is 0 Å². The number of carbonyl (C=O) groups excluding carboxylic acids is 2. The van der Waals surface area contributed by atoms with Gasteiger partial charge < -0.3 is 11.1 Å². The van der Waals surface area contributed by atoms with Gasteiger partial charge in [0, 0.05) is 6.42 Å². The number of halogens is 1. The molecule has 0 radical (unpaired) electrons. The first-order chi connectivity index (χ1) is 9.79. The summed E-state index contributed by atoms with van der Waals surface area (Å²) < 4.78 is 0. The van der Waals surface area contributed by atoms with Gasteiger partial charge in [0.05, 0.1) is 12.6 Å². The second-order valence-electron chi connectivity index (χ2n) is 5.63. The zero-order chi connectivity index (χ0) is 16.0. The van der Waals surface area contributed by atoms with Crippen LogP contribution < -0.4 is 16.4 Å². The lowest BCUT2D eigenvalue weighted by Crippen LogP contribution is -2.46. The molecule has 1 aromatic rings. The molecule has 0 aliphatic rings. The lowest BCUT2D eigenvalue weighted by molar-refractivity contribution is -0.125. The number of hydrogen-bond acceptors (Lipinski definition) is 6. The van der Waals surface area contributed by atoms with Gasteiger partial charge in [-0.25, -0.2) is 0 Å². The summed E-state index contributed by atoms with van der Waals surface area (Å²) in [7, 11) is 0. The maximum absolute atomic E-state index is 11.7. The van der Waals surface area contributed by atoms with E-state index in [1.807, 2.05) is 13.8 Å². The zero-order valence-electron chi connectivity index (χ0n) is 13.3. The molecule has 22 heavy (non-hydrogen) atoms. The third kappa shape index (κ3) is 7.15. The molecule has 0 aliphatic heterocycles. The average molecular weight is 350 g/mol. The van der Waals surface area contributed by atoms with Gasteiger partial charge in [-0.15, -0.1) is 22.6 Å². The van der Waals surface area contributed by atoms with Crippen molar-refractivity contribution in [1.82, 2.24) is 15.5 Å². The lowest BCUT2D eigenvalue weighted by Gasteiger charge is -2.14. The molecule has 0 saturated heterocycles. The van der Waals surface area contributed by atoms with Crippen molar-refractivity contribution in [3.63, 3.8) is 0 Å². The number of rotatable bonds is 7. The van der Waals surface area contributed by atoms with Crippen LogP contribution in [0.2, 0.25) is 0 Å².